The zero-order valence-electron chi connectivity index (χ0n) is 19.7. The molecule has 180 valence electrons. The van der Waals surface area contributed by atoms with Crippen LogP contribution >= 0.6 is 0 Å². The summed E-state index contributed by atoms with van der Waals surface area (Å²) in [5, 5.41) is 7.68. The molecule has 0 radical (unpaired) electrons. The predicted octanol–water partition coefficient (Wildman–Crippen LogP) is 5.30. The van der Waals surface area contributed by atoms with E-state index in [0.29, 0.717) is 41.6 Å². The van der Waals surface area contributed by atoms with Crippen molar-refractivity contribution in [1.29, 1.82) is 0 Å². The Morgan fingerprint density at radius 3 is 2.51 bits per heavy atom. The summed E-state index contributed by atoms with van der Waals surface area (Å²) in [6.45, 7) is 6.06. The van der Waals surface area contributed by atoms with Crippen LogP contribution in [0.3, 0.4) is 0 Å². The minimum absolute atomic E-state index is 0.176. The van der Waals surface area contributed by atoms with Gasteiger partial charge in [0, 0.05) is 22.9 Å². The van der Waals surface area contributed by atoms with Gasteiger partial charge in [-0.15, -0.1) is 0 Å². The molecule has 1 N–H and O–H groups in total. The van der Waals surface area contributed by atoms with Crippen LogP contribution in [0.4, 0.5) is 10.1 Å². The SMILES string of the molecule is CC12CCC(C(=O)Nc3ccc(F)cc3)(CC1=NOC(=O)c1cc3ccccc3oc1=O)C2(C)C. The summed E-state index contributed by atoms with van der Waals surface area (Å²) in [6.07, 6.45) is 1.64. The molecule has 35 heavy (non-hydrogen) atoms. The van der Waals surface area contributed by atoms with Crippen molar-refractivity contribution in [3.8, 4) is 0 Å². The zero-order chi connectivity index (χ0) is 25.0. The van der Waals surface area contributed by atoms with Gasteiger partial charge in [-0.3, -0.25) is 4.79 Å². The first-order chi connectivity index (χ1) is 16.6. The Kier molecular flexibility index (Phi) is 5.16. The number of amides is 1. The molecule has 2 bridgehead atoms. The maximum Gasteiger partial charge on any atom is 0.373 e. The summed E-state index contributed by atoms with van der Waals surface area (Å²) < 4.78 is 18.5. The predicted molar refractivity (Wildman–Crippen MR) is 129 cm³/mol. The number of hydrogen-bond donors (Lipinski definition) is 1. The second-order valence-electron chi connectivity index (χ2n) is 10.1. The van der Waals surface area contributed by atoms with Gasteiger partial charge in [0.2, 0.25) is 5.91 Å². The largest absolute Gasteiger partial charge is 0.422 e. The number of nitrogens with zero attached hydrogens (tertiary/aromatic N) is 1. The fourth-order valence-corrected chi connectivity index (χ4v) is 5.66. The number of nitrogens with one attached hydrogen (secondary N) is 1. The Balaban J connectivity index is 1.41. The van der Waals surface area contributed by atoms with Gasteiger partial charge in [-0.25, -0.2) is 14.0 Å². The van der Waals surface area contributed by atoms with Gasteiger partial charge >= 0.3 is 11.6 Å². The lowest BCUT2D eigenvalue weighted by Gasteiger charge is -2.39. The first-order valence-corrected chi connectivity index (χ1v) is 11.5. The van der Waals surface area contributed by atoms with Crippen molar-refractivity contribution in [2.75, 3.05) is 5.32 Å². The van der Waals surface area contributed by atoms with Gasteiger partial charge in [0.15, 0.2) is 0 Å². The van der Waals surface area contributed by atoms with Crippen molar-refractivity contribution in [1.82, 2.24) is 0 Å². The van der Waals surface area contributed by atoms with Gasteiger partial charge in [0.05, 0.1) is 11.1 Å². The first kappa shape index (κ1) is 23.0. The van der Waals surface area contributed by atoms with E-state index >= 15 is 0 Å². The van der Waals surface area contributed by atoms with E-state index in [9.17, 15) is 18.8 Å². The minimum Gasteiger partial charge on any atom is -0.422 e. The van der Waals surface area contributed by atoms with Crippen molar-refractivity contribution in [3.63, 3.8) is 0 Å². The highest BCUT2D eigenvalue weighted by Crippen LogP contribution is 2.71. The summed E-state index contributed by atoms with van der Waals surface area (Å²) in [7, 11) is 0. The van der Waals surface area contributed by atoms with Crippen LogP contribution in [0.15, 0.2) is 69.0 Å². The Bertz CT molecular complexity index is 1440. The van der Waals surface area contributed by atoms with Crippen LogP contribution < -0.4 is 10.9 Å². The normalized spacial score (nSPS) is 25.7. The number of carbonyl (C=O) groups excluding carboxylic acids is 2. The van der Waals surface area contributed by atoms with Gasteiger partial charge in [-0.1, -0.05) is 44.1 Å². The number of anilines is 1. The molecule has 2 atom stereocenters. The van der Waals surface area contributed by atoms with Crippen LogP contribution in [0.25, 0.3) is 11.0 Å². The Hall–Kier alpha value is -3.81. The molecule has 1 amide bonds. The quantitative estimate of drug-likeness (QED) is 0.313. The van der Waals surface area contributed by atoms with E-state index in [1.165, 1.54) is 30.3 Å². The highest BCUT2D eigenvalue weighted by Gasteiger charge is 2.71. The average molecular weight is 477 g/mol. The number of rotatable bonds is 4. The van der Waals surface area contributed by atoms with Gasteiger partial charge < -0.3 is 14.6 Å². The third-order valence-corrected chi connectivity index (χ3v) is 8.37. The molecule has 8 heteroatoms. The third-order valence-electron chi connectivity index (χ3n) is 8.37. The average Bonchev–Trinajstić information content (AvgIpc) is 3.14. The van der Waals surface area contributed by atoms with Gasteiger partial charge in [0.1, 0.15) is 17.0 Å². The molecule has 2 aliphatic rings. The number of hydrogen-bond acceptors (Lipinski definition) is 6. The zero-order valence-corrected chi connectivity index (χ0v) is 19.7. The topological polar surface area (TPSA) is 98.0 Å². The lowest BCUT2D eigenvalue weighted by molar-refractivity contribution is -0.130. The van der Waals surface area contributed by atoms with Crippen molar-refractivity contribution < 1.29 is 23.2 Å². The number of carbonyl (C=O) groups is 2. The molecule has 0 saturated heterocycles. The molecule has 0 aliphatic heterocycles. The Morgan fingerprint density at radius 2 is 1.77 bits per heavy atom. The molecular formula is C27H25FN2O5. The van der Waals surface area contributed by atoms with E-state index in [2.05, 4.69) is 10.5 Å². The summed E-state index contributed by atoms with van der Waals surface area (Å²) in [5.41, 5.74) is -1.32. The van der Waals surface area contributed by atoms with E-state index in [4.69, 9.17) is 9.25 Å². The molecule has 3 aromatic rings. The fraction of sp³-hybridized carbons (Fsp3) is 0.333. The highest BCUT2D eigenvalue weighted by atomic mass is 19.1. The second-order valence-corrected chi connectivity index (χ2v) is 10.1. The van der Waals surface area contributed by atoms with Crippen LogP contribution in [0.2, 0.25) is 0 Å². The van der Waals surface area contributed by atoms with E-state index in [0.717, 1.165) is 0 Å². The van der Waals surface area contributed by atoms with Crippen LogP contribution in [0, 0.1) is 22.1 Å². The number of benzene rings is 2. The smallest absolute Gasteiger partial charge is 0.373 e. The molecule has 2 aliphatic carbocycles. The maximum absolute atomic E-state index is 13.5. The molecule has 2 saturated carbocycles. The minimum atomic E-state index is -0.911. The molecule has 2 unspecified atom stereocenters. The number of oxime groups is 1. The summed E-state index contributed by atoms with van der Waals surface area (Å²) >= 11 is 0. The molecule has 1 aromatic heterocycles. The number of fused-ring (bicyclic) bond motifs is 3. The van der Waals surface area contributed by atoms with Crippen LogP contribution in [0.1, 0.15) is 50.4 Å². The standard InChI is InChI=1S/C27H25FN2O5/c1-25(2)26(3)12-13-27(25,24(33)29-18-10-8-17(28)9-11-18)15-21(26)30-35-23(32)19-14-16-6-4-5-7-20(16)34-22(19)31/h4-11,14H,12-13,15H2,1-3H3,(H,29,33). The fourth-order valence-electron chi connectivity index (χ4n) is 5.66. The molecule has 0 spiro atoms. The third kappa shape index (κ3) is 3.38. The summed E-state index contributed by atoms with van der Waals surface area (Å²) in [6, 6.07) is 13.9. The lowest BCUT2D eigenvalue weighted by Crippen LogP contribution is -2.43. The molecule has 2 fully saturated rings. The first-order valence-electron chi connectivity index (χ1n) is 11.5. The number of halogens is 1. The van der Waals surface area contributed by atoms with Crippen molar-refractivity contribution >= 4 is 34.2 Å². The van der Waals surface area contributed by atoms with Crippen LogP contribution in [-0.2, 0) is 9.63 Å². The van der Waals surface area contributed by atoms with E-state index in [-0.39, 0.29) is 17.3 Å². The molecule has 2 aromatic carbocycles. The lowest BCUT2D eigenvalue weighted by atomic mass is 9.64. The van der Waals surface area contributed by atoms with Crippen molar-refractivity contribution in [2.45, 2.75) is 40.0 Å². The van der Waals surface area contributed by atoms with Crippen LogP contribution in [0.5, 0.6) is 0 Å². The highest BCUT2D eigenvalue weighted by molar-refractivity contribution is 6.06. The monoisotopic (exact) mass is 476 g/mol. The molecule has 5 rings (SSSR count). The summed E-state index contributed by atoms with van der Waals surface area (Å²) in [4.78, 5) is 43.7. The second kappa shape index (κ2) is 7.86. The van der Waals surface area contributed by atoms with E-state index < -0.39 is 27.8 Å². The molecular weight excluding hydrogens is 451 g/mol. The Morgan fingerprint density at radius 1 is 1.06 bits per heavy atom. The van der Waals surface area contributed by atoms with Gasteiger partial charge in [-0.2, -0.15) is 0 Å². The molecule has 7 nitrogen and oxygen atoms in total. The maximum atomic E-state index is 13.5. The Labute approximate surface area is 201 Å². The van der Waals surface area contributed by atoms with Crippen molar-refractivity contribution in [2.24, 2.45) is 21.4 Å². The number of para-hydroxylation sites is 1. The van der Waals surface area contributed by atoms with Gasteiger partial charge in [-0.05, 0) is 54.7 Å². The molecule has 1 heterocycles. The van der Waals surface area contributed by atoms with Gasteiger partial charge in [0.25, 0.3) is 0 Å². The van der Waals surface area contributed by atoms with E-state index in [1.54, 1.807) is 24.3 Å². The van der Waals surface area contributed by atoms with Crippen LogP contribution in [-0.4, -0.2) is 17.6 Å². The van der Waals surface area contributed by atoms with Crippen molar-refractivity contribution in [3.05, 3.63) is 76.4 Å². The van der Waals surface area contributed by atoms with E-state index in [1.807, 2.05) is 20.8 Å². The summed E-state index contributed by atoms with van der Waals surface area (Å²) in [5.74, 6) is -1.47.